The van der Waals surface area contributed by atoms with Crippen LogP contribution in [0.3, 0.4) is 0 Å². The van der Waals surface area contributed by atoms with E-state index in [0.29, 0.717) is 5.92 Å². The lowest BCUT2D eigenvalue weighted by molar-refractivity contribution is 0.0604. The maximum atomic E-state index is 14.4. The molecule has 0 saturated carbocycles. The van der Waals surface area contributed by atoms with E-state index in [1.54, 1.807) is 0 Å². The summed E-state index contributed by atoms with van der Waals surface area (Å²) in [6.45, 7) is 6.61. The van der Waals surface area contributed by atoms with Gasteiger partial charge in [0.15, 0.2) is 0 Å². The van der Waals surface area contributed by atoms with Crippen LogP contribution in [0.4, 0.5) is 4.39 Å². The van der Waals surface area contributed by atoms with Crippen molar-refractivity contribution in [2.45, 2.75) is 45.6 Å². The molecule has 112 valence electrons. The molecule has 1 heterocycles. The van der Waals surface area contributed by atoms with E-state index in [1.165, 1.54) is 0 Å². The average molecular weight is 279 g/mol. The number of halogens is 1. The van der Waals surface area contributed by atoms with Gasteiger partial charge in [0.1, 0.15) is 5.82 Å². The summed E-state index contributed by atoms with van der Waals surface area (Å²) < 4.78 is 19.8. The molecule has 2 rings (SSSR count). The molecule has 1 fully saturated rings. The maximum absolute atomic E-state index is 14.4. The highest BCUT2D eigenvalue weighted by atomic mass is 19.1. The number of rotatable bonds is 6. The van der Waals surface area contributed by atoms with Gasteiger partial charge in [-0.15, -0.1) is 0 Å². The molecule has 0 amide bonds. The molecule has 1 unspecified atom stereocenters. The van der Waals surface area contributed by atoms with Crippen molar-refractivity contribution < 1.29 is 9.13 Å². The average Bonchev–Trinajstić information content (AvgIpc) is 2.48. The number of hydrogen-bond acceptors (Lipinski definition) is 2. The van der Waals surface area contributed by atoms with Crippen LogP contribution >= 0.6 is 0 Å². The molecule has 1 aromatic carbocycles. The highest BCUT2D eigenvalue weighted by Crippen LogP contribution is 2.29. The maximum Gasteiger partial charge on any atom is 0.130 e. The Bertz CT molecular complexity index is 415. The van der Waals surface area contributed by atoms with Gasteiger partial charge in [-0.3, -0.25) is 0 Å². The van der Waals surface area contributed by atoms with Gasteiger partial charge in [-0.2, -0.15) is 0 Å². The topological polar surface area (TPSA) is 21.3 Å². The van der Waals surface area contributed by atoms with Crippen molar-refractivity contribution in [2.75, 3.05) is 19.8 Å². The lowest BCUT2D eigenvalue weighted by Crippen LogP contribution is -2.27. The quantitative estimate of drug-likeness (QED) is 0.850. The minimum absolute atomic E-state index is 0.0480. The normalized spacial score (nSPS) is 18.1. The van der Waals surface area contributed by atoms with Crippen LogP contribution in [0, 0.1) is 18.7 Å². The summed E-state index contributed by atoms with van der Waals surface area (Å²) in [7, 11) is 0. The first-order chi connectivity index (χ1) is 9.72. The molecular formula is C17H26FNO. The Kier molecular flexibility index (Phi) is 5.99. The van der Waals surface area contributed by atoms with E-state index in [2.05, 4.69) is 12.2 Å². The summed E-state index contributed by atoms with van der Waals surface area (Å²) in [6, 6.07) is 5.84. The fourth-order valence-electron chi connectivity index (χ4n) is 2.89. The lowest BCUT2D eigenvalue weighted by atomic mass is 9.88. The van der Waals surface area contributed by atoms with Crippen molar-refractivity contribution in [3.8, 4) is 0 Å². The standard InChI is InChI=1S/C17H26FNO/c1-3-9-19-16(12-14-7-10-20-11-8-14)15-6-4-5-13(2)17(15)18/h4-6,14,16,19H,3,7-12H2,1-2H3. The first-order valence-corrected chi connectivity index (χ1v) is 7.78. The predicted octanol–water partition coefficient (Wildman–Crippen LogP) is 3.99. The molecule has 0 radical (unpaired) electrons. The Hall–Kier alpha value is -0.930. The monoisotopic (exact) mass is 279 g/mol. The molecule has 1 aromatic rings. The van der Waals surface area contributed by atoms with Crippen molar-refractivity contribution in [3.63, 3.8) is 0 Å². The fraction of sp³-hybridized carbons (Fsp3) is 0.647. The van der Waals surface area contributed by atoms with E-state index in [-0.39, 0.29) is 11.9 Å². The zero-order valence-corrected chi connectivity index (χ0v) is 12.6. The Balaban J connectivity index is 2.11. The molecule has 1 aliphatic rings. The van der Waals surface area contributed by atoms with E-state index >= 15 is 0 Å². The van der Waals surface area contributed by atoms with Crippen molar-refractivity contribution in [2.24, 2.45) is 5.92 Å². The molecule has 1 aliphatic heterocycles. The number of aryl methyl sites for hydroxylation is 1. The van der Waals surface area contributed by atoms with Crippen LogP contribution in [-0.2, 0) is 4.74 Å². The SMILES string of the molecule is CCCNC(CC1CCOCC1)c1cccc(C)c1F. The molecule has 3 heteroatoms. The van der Waals surface area contributed by atoms with Crippen LogP contribution in [0.15, 0.2) is 18.2 Å². The van der Waals surface area contributed by atoms with Crippen molar-refractivity contribution in [1.82, 2.24) is 5.32 Å². The highest BCUT2D eigenvalue weighted by Gasteiger charge is 2.22. The van der Waals surface area contributed by atoms with E-state index in [0.717, 1.165) is 56.6 Å². The zero-order valence-electron chi connectivity index (χ0n) is 12.6. The van der Waals surface area contributed by atoms with Gasteiger partial charge < -0.3 is 10.1 Å². The van der Waals surface area contributed by atoms with Gasteiger partial charge in [-0.1, -0.05) is 25.1 Å². The smallest absolute Gasteiger partial charge is 0.130 e. The highest BCUT2D eigenvalue weighted by molar-refractivity contribution is 5.27. The van der Waals surface area contributed by atoms with Gasteiger partial charge in [0.05, 0.1) is 0 Å². The molecule has 0 spiro atoms. The van der Waals surface area contributed by atoms with Crippen LogP contribution in [0.1, 0.15) is 49.8 Å². The fourth-order valence-corrected chi connectivity index (χ4v) is 2.89. The molecule has 0 aromatic heterocycles. The summed E-state index contributed by atoms with van der Waals surface area (Å²) in [6.07, 6.45) is 4.26. The number of hydrogen-bond donors (Lipinski definition) is 1. The van der Waals surface area contributed by atoms with Crippen molar-refractivity contribution in [3.05, 3.63) is 35.1 Å². The first-order valence-electron chi connectivity index (χ1n) is 7.78. The third-order valence-corrected chi connectivity index (χ3v) is 4.15. The largest absolute Gasteiger partial charge is 0.381 e. The summed E-state index contributed by atoms with van der Waals surface area (Å²) in [4.78, 5) is 0. The van der Waals surface area contributed by atoms with E-state index < -0.39 is 0 Å². The molecule has 0 bridgehead atoms. The second-order valence-electron chi connectivity index (χ2n) is 5.78. The van der Waals surface area contributed by atoms with Crippen LogP contribution < -0.4 is 5.32 Å². The van der Waals surface area contributed by atoms with Crippen molar-refractivity contribution >= 4 is 0 Å². The summed E-state index contributed by atoms with van der Waals surface area (Å²) in [5.74, 6) is 0.589. The molecule has 1 atom stereocenters. The van der Waals surface area contributed by atoms with E-state index in [4.69, 9.17) is 4.74 Å². The van der Waals surface area contributed by atoms with Crippen LogP contribution in [0.2, 0.25) is 0 Å². The van der Waals surface area contributed by atoms with E-state index in [1.807, 2.05) is 25.1 Å². The Morgan fingerprint density at radius 3 is 2.80 bits per heavy atom. The molecule has 0 aliphatic carbocycles. The zero-order chi connectivity index (χ0) is 14.4. The predicted molar refractivity (Wildman–Crippen MR) is 80.3 cm³/mol. The molecule has 20 heavy (non-hydrogen) atoms. The lowest BCUT2D eigenvalue weighted by Gasteiger charge is -2.28. The van der Waals surface area contributed by atoms with Gasteiger partial charge in [0, 0.05) is 24.8 Å². The van der Waals surface area contributed by atoms with Gasteiger partial charge in [0.2, 0.25) is 0 Å². The molecule has 2 nitrogen and oxygen atoms in total. The number of ether oxygens (including phenoxy) is 1. The van der Waals surface area contributed by atoms with Gasteiger partial charge in [0.25, 0.3) is 0 Å². The Labute approximate surface area is 121 Å². The van der Waals surface area contributed by atoms with E-state index in [9.17, 15) is 4.39 Å². The minimum atomic E-state index is -0.0480. The second-order valence-corrected chi connectivity index (χ2v) is 5.78. The molecular weight excluding hydrogens is 253 g/mol. The van der Waals surface area contributed by atoms with Crippen LogP contribution in [0.5, 0.6) is 0 Å². The summed E-state index contributed by atoms with van der Waals surface area (Å²) in [5.41, 5.74) is 1.56. The Morgan fingerprint density at radius 2 is 2.10 bits per heavy atom. The second kappa shape index (κ2) is 7.75. The van der Waals surface area contributed by atoms with Gasteiger partial charge >= 0.3 is 0 Å². The van der Waals surface area contributed by atoms with Crippen molar-refractivity contribution in [1.29, 1.82) is 0 Å². The summed E-state index contributed by atoms with van der Waals surface area (Å²) in [5, 5.41) is 3.52. The van der Waals surface area contributed by atoms with Gasteiger partial charge in [-0.25, -0.2) is 4.39 Å². The molecule has 1 saturated heterocycles. The Morgan fingerprint density at radius 1 is 1.35 bits per heavy atom. The summed E-state index contributed by atoms with van der Waals surface area (Å²) >= 11 is 0. The minimum Gasteiger partial charge on any atom is -0.381 e. The third-order valence-electron chi connectivity index (χ3n) is 4.15. The van der Waals surface area contributed by atoms with Gasteiger partial charge in [-0.05, 0) is 50.6 Å². The van der Waals surface area contributed by atoms with Crippen LogP contribution in [-0.4, -0.2) is 19.8 Å². The first kappa shape index (κ1) is 15.5. The molecule has 1 N–H and O–H groups in total. The number of nitrogens with one attached hydrogen (secondary N) is 1. The number of benzene rings is 1. The van der Waals surface area contributed by atoms with Crippen LogP contribution in [0.25, 0.3) is 0 Å². The third kappa shape index (κ3) is 4.03.